The molecule has 0 aliphatic rings. The zero-order valence-electron chi connectivity index (χ0n) is 7.11. The minimum absolute atomic E-state index is 0. The second kappa shape index (κ2) is 5.46. The molecule has 0 spiro atoms. The topological polar surface area (TPSA) is 130 Å². The molecule has 0 saturated carbocycles. The number of benzene rings is 1. The van der Waals surface area contributed by atoms with Crippen LogP contribution in [0.1, 0.15) is 0 Å². The Hall–Kier alpha value is -0.870. The van der Waals surface area contributed by atoms with Crippen molar-refractivity contribution in [1.29, 1.82) is 0 Å². The Bertz CT molecular complexity index is 502. The van der Waals surface area contributed by atoms with Crippen LogP contribution in [0.25, 0.3) is 0 Å². The van der Waals surface area contributed by atoms with E-state index in [1.54, 1.807) is 0 Å². The van der Waals surface area contributed by atoms with E-state index in [2.05, 4.69) is 0 Å². The number of nitro groups is 1. The summed E-state index contributed by atoms with van der Waals surface area (Å²) < 4.78 is 30.7. The molecule has 0 atom stereocenters. The quantitative estimate of drug-likeness (QED) is 0.227. The van der Waals surface area contributed by atoms with Gasteiger partial charge in [0, 0.05) is 12.1 Å². The average molecular weight is 258 g/mol. The number of nitrogens with one attached hydrogen (secondary N) is 1. The van der Waals surface area contributed by atoms with E-state index in [4.69, 9.17) is 9.66 Å². The van der Waals surface area contributed by atoms with E-state index in [9.17, 15) is 18.5 Å². The van der Waals surface area contributed by atoms with Crippen molar-refractivity contribution in [1.82, 2.24) is 0 Å². The van der Waals surface area contributed by atoms with Crippen LogP contribution >= 0.6 is 0 Å². The van der Waals surface area contributed by atoms with Crippen LogP contribution in [0.2, 0.25) is 0 Å². The van der Waals surface area contributed by atoms with Gasteiger partial charge in [-0.15, -0.1) is 0 Å². The van der Waals surface area contributed by atoms with Gasteiger partial charge in [-0.25, -0.2) is 0 Å². The summed E-state index contributed by atoms with van der Waals surface area (Å²) in [6.07, 6.45) is 0. The SMILES string of the molecule is O=[N+]([O-])c1ccc(O)c(NS(=O)(=O)O)c1.[NaH]. The zero-order valence-corrected chi connectivity index (χ0v) is 7.93. The number of non-ortho nitro benzene ring substituents is 1. The number of nitrogens with zero attached hydrogens (tertiary/aromatic N) is 1. The number of phenolic OH excluding ortho intramolecular Hbond substituents is 1. The van der Waals surface area contributed by atoms with Gasteiger partial charge in [0.25, 0.3) is 5.69 Å². The molecule has 16 heavy (non-hydrogen) atoms. The van der Waals surface area contributed by atoms with E-state index in [1.807, 2.05) is 0 Å². The maximum atomic E-state index is 10.4. The number of rotatable bonds is 3. The van der Waals surface area contributed by atoms with Crippen molar-refractivity contribution >= 4 is 51.2 Å². The number of phenols is 1. The van der Waals surface area contributed by atoms with Crippen molar-refractivity contribution in [2.45, 2.75) is 0 Å². The summed E-state index contributed by atoms with van der Waals surface area (Å²) in [7, 11) is -4.57. The fraction of sp³-hybridized carbons (Fsp3) is 0. The minimum atomic E-state index is -4.57. The van der Waals surface area contributed by atoms with Crippen molar-refractivity contribution in [2.24, 2.45) is 0 Å². The fourth-order valence-corrected chi connectivity index (χ4v) is 1.30. The fourth-order valence-electron chi connectivity index (χ4n) is 0.858. The summed E-state index contributed by atoms with van der Waals surface area (Å²) in [5.41, 5.74) is -0.884. The van der Waals surface area contributed by atoms with E-state index < -0.39 is 32.4 Å². The monoisotopic (exact) mass is 258 g/mol. The molecule has 0 aliphatic heterocycles. The Kier molecular flexibility index (Phi) is 5.16. The van der Waals surface area contributed by atoms with E-state index in [1.165, 1.54) is 4.72 Å². The number of nitro benzene ring substituents is 1. The van der Waals surface area contributed by atoms with Gasteiger partial charge < -0.3 is 5.11 Å². The molecule has 1 aromatic carbocycles. The first-order valence-electron chi connectivity index (χ1n) is 3.52. The molecular formula is C6H7N2NaO6S. The van der Waals surface area contributed by atoms with Gasteiger partial charge >= 0.3 is 39.9 Å². The van der Waals surface area contributed by atoms with Crippen LogP contribution in [0.3, 0.4) is 0 Å². The zero-order chi connectivity index (χ0) is 11.6. The molecular weight excluding hydrogens is 251 g/mol. The molecule has 10 heteroatoms. The third-order valence-electron chi connectivity index (χ3n) is 1.43. The molecule has 0 aliphatic carbocycles. The predicted molar refractivity (Wildman–Crippen MR) is 57.1 cm³/mol. The normalized spacial score (nSPS) is 10.3. The van der Waals surface area contributed by atoms with Gasteiger partial charge in [-0.3, -0.25) is 19.4 Å². The number of anilines is 1. The van der Waals surface area contributed by atoms with Crippen LogP contribution in [0, 0.1) is 10.1 Å². The van der Waals surface area contributed by atoms with Crippen LogP contribution in [0.5, 0.6) is 5.75 Å². The van der Waals surface area contributed by atoms with Crippen molar-refractivity contribution in [3.05, 3.63) is 28.3 Å². The number of hydrogen-bond donors (Lipinski definition) is 3. The molecule has 1 rings (SSSR count). The van der Waals surface area contributed by atoms with Gasteiger partial charge in [0.05, 0.1) is 10.6 Å². The first kappa shape index (κ1) is 15.1. The van der Waals surface area contributed by atoms with Crippen LogP contribution < -0.4 is 4.72 Å². The third-order valence-corrected chi connectivity index (χ3v) is 1.91. The molecule has 84 valence electrons. The number of aromatic hydroxyl groups is 1. The predicted octanol–water partition coefficient (Wildman–Crippen LogP) is -0.133. The van der Waals surface area contributed by atoms with Crippen LogP contribution in [0.4, 0.5) is 11.4 Å². The van der Waals surface area contributed by atoms with Gasteiger partial charge in [-0.2, -0.15) is 8.42 Å². The second-order valence-corrected chi connectivity index (χ2v) is 3.69. The Morgan fingerprint density at radius 2 is 1.94 bits per heavy atom. The summed E-state index contributed by atoms with van der Waals surface area (Å²) in [6, 6.07) is 2.71. The summed E-state index contributed by atoms with van der Waals surface area (Å²) in [4.78, 5) is 9.55. The van der Waals surface area contributed by atoms with E-state index in [0.717, 1.165) is 18.2 Å². The molecule has 0 heterocycles. The van der Waals surface area contributed by atoms with Gasteiger partial charge in [0.1, 0.15) is 5.75 Å². The molecule has 0 aromatic heterocycles. The van der Waals surface area contributed by atoms with E-state index in [0.29, 0.717) is 0 Å². The van der Waals surface area contributed by atoms with Crippen LogP contribution in [0.15, 0.2) is 18.2 Å². The second-order valence-electron chi connectivity index (χ2n) is 2.54. The Morgan fingerprint density at radius 3 is 2.38 bits per heavy atom. The molecule has 1 aromatic rings. The summed E-state index contributed by atoms with van der Waals surface area (Å²) in [5.74, 6) is -0.529. The summed E-state index contributed by atoms with van der Waals surface area (Å²) >= 11 is 0. The van der Waals surface area contributed by atoms with Crippen molar-refractivity contribution in [3.8, 4) is 5.75 Å². The molecule has 0 amide bonds. The Balaban J connectivity index is 0.00000225. The average Bonchev–Trinajstić information content (AvgIpc) is 2.06. The van der Waals surface area contributed by atoms with Gasteiger partial charge in [0.15, 0.2) is 0 Å². The standard InChI is InChI=1S/C6H6N2O6S.Na.H/c9-6-2-1-4(8(10)11)3-5(6)7-15(12,13)14;;/h1-3,7,9H,(H,12,13,14);;. The maximum absolute atomic E-state index is 10.4. The van der Waals surface area contributed by atoms with Gasteiger partial charge in [-0.05, 0) is 6.07 Å². The third kappa shape index (κ3) is 4.33. The molecule has 8 nitrogen and oxygen atoms in total. The van der Waals surface area contributed by atoms with Gasteiger partial charge in [0.2, 0.25) is 0 Å². The van der Waals surface area contributed by atoms with Crippen LogP contribution in [-0.4, -0.2) is 52.6 Å². The van der Waals surface area contributed by atoms with Crippen molar-refractivity contribution in [2.75, 3.05) is 4.72 Å². The van der Waals surface area contributed by atoms with Crippen molar-refractivity contribution in [3.63, 3.8) is 0 Å². The van der Waals surface area contributed by atoms with E-state index >= 15 is 0 Å². The molecule has 0 bridgehead atoms. The Labute approximate surface area is 113 Å². The van der Waals surface area contributed by atoms with Gasteiger partial charge in [-0.1, -0.05) is 0 Å². The molecule has 0 fully saturated rings. The van der Waals surface area contributed by atoms with E-state index in [-0.39, 0.29) is 29.6 Å². The van der Waals surface area contributed by atoms with Crippen molar-refractivity contribution < 1.29 is 23.0 Å². The summed E-state index contributed by atoms with van der Waals surface area (Å²) in [5, 5.41) is 19.4. The number of hydrogen-bond acceptors (Lipinski definition) is 5. The molecule has 0 radical (unpaired) electrons. The first-order chi connectivity index (χ1) is 6.79. The first-order valence-corrected chi connectivity index (χ1v) is 4.96. The molecule has 0 saturated heterocycles. The summed E-state index contributed by atoms with van der Waals surface area (Å²) in [6.45, 7) is 0. The molecule has 0 unspecified atom stereocenters. The molecule has 3 N–H and O–H groups in total. The van der Waals surface area contributed by atoms with Crippen LogP contribution in [-0.2, 0) is 10.3 Å². The Morgan fingerprint density at radius 1 is 1.38 bits per heavy atom.